The van der Waals surface area contributed by atoms with Gasteiger partial charge in [-0.3, -0.25) is 0 Å². The molecule has 0 aliphatic heterocycles. The van der Waals surface area contributed by atoms with Crippen molar-refractivity contribution < 1.29 is 13.9 Å². The van der Waals surface area contributed by atoms with E-state index < -0.39 is 10.4 Å². The number of aryl methyl sites for hydroxylation is 1. The molecule has 4 heteroatoms. The van der Waals surface area contributed by atoms with Crippen molar-refractivity contribution in [3.05, 3.63) is 35.4 Å². The summed E-state index contributed by atoms with van der Waals surface area (Å²) in [5.41, 5.74) is -1.05. The number of rotatable bonds is 2. The lowest BCUT2D eigenvalue weighted by molar-refractivity contribution is -0.109. The summed E-state index contributed by atoms with van der Waals surface area (Å²) < 4.78 is 25.9. The van der Waals surface area contributed by atoms with Crippen LogP contribution in [-0.4, -0.2) is 9.94 Å². The van der Waals surface area contributed by atoms with Crippen molar-refractivity contribution in [2.24, 2.45) is 0 Å². The van der Waals surface area contributed by atoms with Crippen molar-refractivity contribution in [2.75, 3.05) is 0 Å². The van der Waals surface area contributed by atoms with E-state index in [-0.39, 0.29) is 5.56 Å². The Labute approximate surface area is 89.9 Å². The fourth-order valence-electron chi connectivity index (χ4n) is 1.04. The summed E-state index contributed by atoms with van der Waals surface area (Å²) in [6, 6.07) is 6.35. The highest BCUT2D eigenvalue weighted by Crippen LogP contribution is 2.41. The van der Waals surface area contributed by atoms with Gasteiger partial charge < -0.3 is 5.11 Å². The fraction of sp³-hybridized carbons (Fsp3) is 0.400. The largest absolute Gasteiger partial charge is 0.378 e. The zero-order chi connectivity index (χ0) is 11.0. The summed E-state index contributed by atoms with van der Waals surface area (Å²) >= 11 is 2.17. The molecule has 0 aliphatic carbocycles. The molecule has 0 aliphatic rings. The van der Waals surface area contributed by atoms with Gasteiger partial charge in [0.2, 0.25) is 0 Å². The average Bonchev–Trinajstić information content (AvgIpc) is 2.03. The van der Waals surface area contributed by atoms with Gasteiger partial charge in [-0.1, -0.05) is 29.8 Å². The van der Waals surface area contributed by atoms with Gasteiger partial charge in [-0.15, -0.1) is 0 Å². The average molecular weight is 265 g/mol. The minimum Gasteiger partial charge on any atom is -0.378 e. The summed E-state index contributed by atoms with van der Waals surface area (Å²) in [7, 11) is 0. The fourth-order valence-corrected chi connectivity index (χ4v) is 1.27. The highest BCUT2D eigenvalue weighted by Gasteiger charge is 2.47. The molecule has 0 fully saturated rings. The van der Waals surface area contributed by atoms with Crippen LogP contribution in [0.5, 0.6) is 0 Å². The molecule has 0 amide bonds. The molecule has 14 heavy (non-hydrogen) atoms. The van der Waals surface area contributed by atoms with E-state index in [9.17, 15) is 13.9 Å². The molecule has 1 N–H and O–H groups in total. The molecule has 0 saturated heterocycles. The Morgan fingerprint density at radius 1 is 1.21 bits per heavy atom. The third-order valence-electron chi connectivity index (χ3n) is 2.17. The van der Waals surface area contributed by atoms with E-state index in [1.165, 1.54) is 12.1 Å². The molecule has 0 radical (unpaired) electrons. The predicted octanol–water partition coefficient (Wildman–Crippen LogP) is 3.19. The summed E-state index contributed by atoms with van der Waals surface area (Å²) in [4.78, 5) is -3.34. The van der Waals surface area contributed by atoms with Gasteiger partial charge in [-0.2, -0.15) is 8.78 Å². The quantitative estimate of drug-likeness (QED) is 0.814. The third kappa shape index (κ3) is 2.12. The van der Waals surface area contributed by atoms with Crippen molar-refractivity contribution in [3.8, 4) is 0 Å². The standard InChI is InChI=1S/C10H11BrF2O/c1-7-3-5-8(6-4-7)9(2,14)10(11,12)13/h3-6,14H,1-2H3. The van der Waals surface area contributed by atoms with Gasteiger partial charge in [-0.05, 0) is 35.3 Å². The molecule has 1 nitrogen and oxygen atoms in total. The van der Waals surface area contributed by atoms with Crippen LogP contribution < -0.4 is 0 Å². The maximum Gasteiger partial charge on any atom is 0.333 e. The molecule has 1 unspecified atom stereocenters. The summed E-state index contributed by atoms with van der Waals surface area (Å²) in [6.45, 7) is 2.93. The Hall–Kier alpha value is -0.480. The molecule has 0 bridgehead atoms. The minimum absolute atomic E-state index is 0.185. The molecule has 1 atom stereocenters. The van der Waals surface area contributed by atoms with E-state index >= 15 is 0 Å². The van der Waals surface area contributed by atoms with Crippen molar-refractivity contribution in [2.45, 2.75) is 24.3 Å². The Morgan fingerprint density at radius 3 is 2.00 bits per heavy atom. The van der Waals surface area contributed by atoms with Crippen LogP contribution in [0.1, 0.15) is 18.1 Å². The smallest absolute Gasteiger partial charge is 0.333 e. The highest BCUT2D eigenvalue weighted by molar-refractivity contribution is 9.10. The molecule has 0 heterocycles. The van der Waals surface area contributed by atoms with Gasteiger partial charge in [0, 0.05) is 0 Å². The van der Waals surface area contributed by atoms with Crippen molar-refractivity contribution in [1.82, 2.24) is 0 Å². The number of aliphatic hydroxyl groups is 1. The van der Waals surface area contributed by atoms with Crippen molar-refractivity contribution in [1.29, 1.82) is 0 Å². The Morgan fingerprint density at radius 2 is 1.64 bits per heavy atom. The first-order valence-corrected chi connectivity index (χ1v) is 4.90. The van der Waals surface area contributed by atoms with Gasteiger partial charge in [-0.25, -0.2) is 0 Å². The van der Waals surface area contributed by atoms with E-state index in [4.69, 9.17) is 0 Å². The lowest BCUT2D eigenvalue weighted by Gasteiger charge is -2.28. The lowest BCUT2D eigenvalue weighted by Crippen LogP contribution is -2.37. The molecule has 78 valence electrons. The van der Waals surface area contributed by atoms with Gasteiger partial charge in [0.1, 0.15) is 0 Å². The van der Waals surface area contributed by atoms with E-state index in [0.29, 0.717) is 0 Å². The molecular weight excluding hydrogens is 254 g/mol. The number of halogens is 3. The topological polar surface area (TPSA) is 20.2 Å². The second-order valence-corrected chi connectivity index (χ2v) is 4.43. The first-order valence-electron chi connectivity index (χ1n) is 4.11. The summed E-state index contributed by atoms with van der Waals surface area (Å²) in [5.74, 6) is 0. The lowest BCUT2D eigenvalue weighted by atomic mass is 9.96. The predicted molar refractivity (Wildman–Crippen MR) is 54.6 cm³/mol. The Balaban J connectivity index is 3.10. The Kier molecular flexibility index (Phi) is 2.97. The Bertz CT molecular complexity index is 314. The molecule has 1 aromatic carbocycles. The van der Waals surface area contributed by atoms with Crippen molar-refractivity contribution in [3.63, 3.8) is 0 Å². The van der Waals surface area contributed by atoms with Crippen LogP contribution in [0.4, 0.5) is 8.78 Å². The summed E-state index contributed by atoms with van der Waals surface area (Å²) in [5, 5.41) is 9.62. The van der Waals surface area contributed by atoms with Gasteiger partial charge in [0.15, 0.2) is 5.60 Å². The van der Waals surface area contributed by atoms with Gasteiger partial charge >= 0.3 is 4.83 Å². The van der Waals surface area contributed by atoms with Crippen LogP contribution in [0.15, 0.2) is 24.3 Å². The monoisotopic (exact) mass is 264 g/mol. The molecule has 1 rings (SSSR count). The minimum atomic E-state index is -3.34. The van der Waals surface area contributed by atoms with Gasteiger partial charge in [0.25, 0.3) is 0 Å². The number of alkyl halides is 3. The number of benzene rings is 1. The zero-order valence-corrected chi connectivity index (χ0v) is 9.48. The van der Waals surface area contributed by atoms with Crippen LogP contribution in [0, 0.1) is 6.92 Å². The second-order valence-electron chi connectivity index (χ2n) is 3.44. The van der Waals surface area contributed by atoms with Crippen LogP contribution in [0.3, 0.4) is 0 Å². The number of hydrogen-bond donors (Lipinski definition) is 1. The summed E-state index contributed by atoms with van der Waals surface area (Å²) in [6.07, 6.45) is 0. The molecule has 0 aromatic heterocycles. The normalized spacial score (nSPS) is 16.4. The number of hydrogen-bond acceptors (Lipinski definition) is 1. The highest BCUT2D eigenvalue weighted by atomic mass is 79.9. The van der Waals surface area contributed by atoms with E-state index in [1.807, 2.05) is 6.92 Å². The zero-order valence-electron chi connectivity index (χ0n) is 7.89. The molecular formula is C10H11BrF2O. The van der Waals surface area contributed by atoms with Crippen LogP contribution in [0.2, 0.25) is 0 Å². The molecule has 0 spiro atoms. The second kappa shape index (κ2) is 3.59. The molecule has 0 saturated carbocycles. The maximum absolute atomic E-state index is 13.0. The van der Waals surface area contributed by atoms with Crippen LogP contribution in [0.25, 0.3) is 0 Å². The van der Waals surface area contributed by atoms with E-state index in [0.717, 1.165) is 12.5 Å². The van der Waals surface area contributed by atoms with E-state index in [2.05, 4.69) is 15.9 Å². The van der Waals surface area contributed by atoms with Crippen LogP contribution in [-0.2, 0) is 5.60 Å². The van der Waals surface area contributed by atoms with Crippen LogP contribution >= 0.6 is 15.9 Å². The molecule has 1 aromatic rings. The third-order valence-corrected chi connectivity index (χ3v) is 2.94. The first kappa shape index (κ1) is 11.6. The van der Waals surface area contributed by atoms with Crippen molar-refractivity contribution >= 4 is 15.9 Å². The van der Waals surface area contributed by atoms with Gasteiger partial charge in [0.05, 0.1) is 0 Å². The maximum atomic E-state index is 13.0. The van der Waals surface area contributed by atoms with E-state index in [1.54, 1.807) is 12.1 Å². The SMILES string of the molecule is Cc1ccc(C(C)(O)C(F)(F)Br)cc1. The first-order chi connectivity index (χ1) is 6.25.